The first-order valence-corrected chi connectivity index (χ1v) is 7.96. The van der Waals surface area contributed by atoms with Crippen molar-refractivity contribution in [2.45, 2.75) is 64.2 Å². The van der Waals surface area contributed by atoms with Gasteiger partial charge in [-0.25, -0.2) is 4.79 Å². The molecular weight excluding hydrogens is 268 g/mol. The highest BCUT2D eigenvalue weighted by atomic mass is 16.6. The summed E-state index contributed by atoms with van der Waals surface area (Å²) >= 11 is 0. The Labute approximate surface area is 127 Å². The van der Waals surface area contributed by atoms with E-state index in [-0.39, 0.29) is 6.09 Å². The average molecular weight is 296 g/mol. The van der Waals surface area contributed by atoms with Crippen molar-refractivity contribution in [1.29, 1.82) is 0 Å². The molecule has 2 aliphatic heterocycles. The minimum absolute atomic E-state index is 0.193. The fourth-order valence-corrected chi connectivity index (χ4v) is 2.63. The van der Waals surface area contributed by atoms with Gasteiger partial charge in [-0.1, -0.05) is 0 Å². The monoisotopic (exact) mass is 296 g/mol. The Hall–Kier alpha value is -1.23. The SMILES string of the molecule is CC(C)(C)OC(=O)N1CCC(NCC2CCC=CO2)CC1. The maximum absolute atomic E-state index is 12.0. The summed E-state index contributed by atoms with van der Waals surface area (Å²) in [5, 5.41) is 3.56. The summed E-state index contributed by atoms with van der Waals surface area (Å²) < 4.78 is 11.0. The Balaban J connectivity index is 1.66. The van der Waals surface area contributed by atoms with Crippen LogP contribution in [0.15, 0.2) is 12.3 Å². The molecule has 2 heterocycles. The van der Waals surface area contributed by atoms with Crippen molar-refractivity contribution < 1.29 is 14.3 Å². The zero-order valence-electron chi connectivity index (χ0n) is 13.4. The van der Waals surface area contributed by atoms with Crippen molar-refractivity contribution in [3.05, 3.63) is 12.3 Å². The molecular formula is C16H28N2O3. The van der Waals surface area contributed by atoms with Gasteiger partial charge in [0.15, 0.2) is 0 Å². The molecule has 5 heteroatoms. The predicted molar refractivity (Wildman–Crippen MR) is 82.1 cm³/mol. The van der Waals surface area contributed by atoms with E-state index in [1.54, 1.807) is 6.26 Å². The number of ether oxygens (including phenoxy) is 2. The molecule has 1 fully saturated rings. The van der Waals surface area contributed by atoms with Crippen LogP contribution in [0.5, 0.6) is 0 Å². The Kier molecular flexibility index (Phi) is 5.51. The molecule has 1 unspecified atom stereocenters. The maximum atomic E-state index is 12.0. The summed E-state index contributed by atoms with van der Waals surface area (Å²) in [6.45, 7) is 8.12. The second kappa shape index (κ2) is 7.16. The number of likely N-dealkylation sites (tertiary alicyclic amines) is 1. The third-order valence-corrected chi connectivity index (χ3v) is 3.80. The largest absolute Gasteiger partial charge is 0.497 e. The van der Waals surface area contributed by atoms with Crippen molar-refractivity contribution in [2.24, 2.45) is 0 Å². The van der Waals surface area contributed by atoms with Crippen LogP contribution >= 0.6 is 0 Å². The molecule has 0 saturated carbocycles. The zero-order chi connectivity index (χ0) is 15.3. The second-order valence-electron chi connectivity index (χ2n) is 6.86. The van der Waals surface area contributed by atoms with Crippen molar-refractivity contribution in [3.8, 4) is 0 Å². The molecule has 0 aromatic heterocycles. The number of carbonyl (C=O) groups excluding carboxylic acids is 1. The highest BCUT2D eigenvalue weighted by Crippen LogP contribution is 2.16. The minimum Gasteiger partial charge on any atom is -0.497 e. The summed E-state index contributed by atoms with van der Waals surface area (Å²) in [5.74, 6) is 0. The number of nitrogens with zero attached hydrogens (tertiary/aromatic N) is 1. The zero-order valence-corrected chi connectivity index (χ0v) is 13.4. The van der Waals surface area contributed by atoms with Gasteiger partial charge < -0.3 is 19.7 Å². The third-order valence-electron chi connectivity index (χ3n) is 3.80. The summed E-state index contributed by atoms with van der Waals surface area (Å²) in [5.41, 5.74) is -0.419. The number of carbonyl (C=O) groups is 1. The molecule has 1 atom stereocenters. The van der Waals surface area contributed by atoms with Gasteiger partial charge in [0.1, 0.15) is 11.7 Å². The van der Waals surface area contributed by atoms with E-state index < -0.39 is 5.60 Å². The van der Waals surface area contributed by atoms with Crippen LogP contribution in [0.25, 0.3) is 0 Å². The fraction of sp³-hybridized carbons (Fsp3) is 0.812. The molecule has 21 heavy (non-hydrogen) atoms. The molecule has 0 radical (unpaired) electrons. The van der Waals surface area contributed by atoms with Gasteiger partial charge in [0.2, 0.25) is 0 Å². The quantitative estimate of drug-likeness (QED) is 0.870. The lowest BCUT2D eigenvalue weighted by Gasteiger charge is -2.34. The van der Waals surface area contributed by atoms with Crippen LogP contribution in [0.4, 0.5) is 4.79 Å². The standard InChI is InChI=1S/C16H28N2O3/c1-16(2,3)21-15(19)18-9-7-13(8-10-18)17-12-14-6-4-5-11-20-14/h5,11,13-14,17H,4,6-10,12H2,1-3H3. The first-order valence-electron chi connectivity index (χ1n) is 7.96. The van der Waals surface area contributed by atoms with Crippen LogP contribution in [0, 0.1) is 0 Å². The summed E-state index contributed by atoms with van der Waals surface area (Å²) in [4.78, 5) is 13.8. The van der Waals surface area contributed by atoms with Gasteiger partial charge in [0, 0.05) is 25.7 Å². The fourth-order valence-electron chi connectivity index (χ4n) is 2.63. The van der Waals surface area contributed by atoms with Crippen molar-refractivity contribution in [1.82, 2.24) is 10.2 Å². The molecule has 1 amide bonds. The van der Waals surface area contributed by atoms with E-state index in [0.29, 0.717) is 12.1 Å². The summed E-state index contributed by atoms with van der Waals surface area (Å²) in [6, 6.07) is 0.471. The molecule has 0 spiro atoms. The lowest BCUT2D eigenvalue weighted by Crippen LogP contribution is -2.47. The van der Waals surface area contributed by atoms with Gasteiger partial charge in [0.25, 0.3) is 0 Å². The molecule has 2 rings (SSSR count). The lowest BCUT2D eigenvalue weighted by atomic mass is 10.0. The normalized spacial score (nSPS) is 23.8. The number of piperidine rings is 1. The molecule has 0 aromatic rings. The van der Waals surface area contributed by atoms with E-state index >= 15 is 0 Å². The summed E-state index contributed by atoms with van der Waals surface area (Å²) in [6.07, 6.45) is 8.10. The minimum atomic E-state index is -0.419. The highest BCUT2D eigenvalue weighted by Gasteiger charge is 2.27. The van der Waals surface area contributed by atoms with Crippen LogP contribution in [0.1, 0.15) is 46.5 Å². The number of amides is 1. The first kappa shape index (κ1) is 16.1. The smallest absolute Gasteiger partial charge is 0.410 e. The van der Waals surface area contributed by atoms with Crippen LogP contribution in [-0.2, 0) is 9.47 Å². The molecule has 0 bridgehead atoms. The van der Waals surface area contributed by atoms with Gasteiger partial charge in [0.05, 0.1) is 6.26 Å². The van der Waals surface area contributed by atoms with Crippen molar-refractivity contribution in [3.63, 3.8) is 0 Å². The highest BCUT2D eigenvalue weighted by molar-refractivity contribution is 5.68. The number of nitrogens with one attached hydrogen (secondary N) is 1. The Morgan fingerprint density at radius 1 is 1.33 bits per heavy atom. The number of hydrogen-bond donors (Lipinski definition) is 1. The molecule has 0 aromatic carbocycles. The van der Waals surface area contributed by atoms with Crippen LogP contribution in [0.3, 0.4) is 0 Å². The number of allylic oxidation sites excluding steroid dienone is 1. The number of hydrogen-bond acceptors (Lipinski definition) is 4. The first-order chi connectivity index (χ1) is 9.94. The van der Waals surface area contributed by atoms with E-state index in [4.69, 9.17) is 9.47 Å². The van der Waals surface area contributed by atoms with E-state index in [1.165, 1.54) is 0 Å². The second-order valence-corrected chi connectivity index (χ2v) is 6.86. The van der Waals surface area contributed by atoms with Gasteiger partial charge in [-0.05, 0) is 52.5 Å². The number of rotatable bonds is 3. The Morgan fingerprint density at radius 3 is 2.62 bits per heavy atom. The van der Waals surface area contributed by atoms with Crippen LogP contribution in [0.2, 0.25) is 0 Å². The molecule has 1 N–H and O–H groups in total. The van der Waals surface area contributed by atoms with Gasteiger partial charge in [-0.2, -0.15) is 0 Å². The van der Waals surface area contributed by atoms with Gasteiger partial charge in [-0.3, -0.25) is 0 Å². The van der Waals surface area contributed by atoms with Crippen LogP contribution in [-0.4, -0.2) is 48.4 Å². The predicted octanol–water partition coefficient (Wildman–Crippen LogP) is 2.67. The van der Waals surface area contributed by atoms with E-state index in [2.05, 4.69) is 11.4 Å². The molecule has 2 aliphatic rings. The van der Waals surface area contributed by atoms with Gasteiger partial charge in [-0.15, -0.1) is 0 Å². The summed E-state index contributed by atoms with van der Waals surface area (Å²) in [7, 11) is 0. The Bertz CT molecular complexity index is 368. The Morgan fingerprint density at radius 2 is 2.05 bits per heavy atom. The van der Waals surface area contributed by atoms with Crippen LogP contribution < -0.4 is 5.32 Å². The lowest BCUT2D eigenvalue weighted by molar-refractivity contribution is 0.0193. The van der Waals surface area contributed by atoms with Crippen molar-refractivity contribution >= 4 is 6.09 Å². The van der Waals surface area contributed by atoms with Gasteiger partial charge >= 0.3 is 6.09 Å². The maximum Gasteiger partial charge on any atom is 0.410 e. The molecule has 5 nitrogen and oxygen atoms in total. The van der Waals surface area contributed by atoms with E-state index in [1.807, 2.05) is 25.7 Å². The van der Waals surface area contributed by atoms with E-state index in [9.17, 15) is 4.79 Å². The molecule has 1 saturated heterocycles. The van der Waals surface area contributed by atoms with Crippen molar-refractivity contribution in [2.75, 3.05) is 19.6 Å². The van der Waals surface area contributed by atoms with E-state index in [0.717, 1.165) is 45.3 Å². The average Bonchev–Trinajstić information content (AvgIpc) is 2.45. The molecule has 120 valence electrons. The molecule has 0 aliphatic carbocycles. The topological polar surface area (TPSA) is 50.8 Å². The third kappa shape index (κ3) is 5.58.